The number of carbonyl (C=O) groups is 1. The molecule has 6 heteroatoms. The summed E-state index contributed by atoms with van der Waals surface area (Å²) in [6.07, 6.45) is 0.553. The third kappa shape index (κ3) is 3.24. The van der Waals surface area contributed by atoms with E-state index in [1.165, 1.54) is 0 Å². The molecule has 0 aromatic heterocycles. The molecule has 98 valence electrons. The molecule has 0 unspecified atom stereocenters. The van der Waals surface area contributed by atoms with Gasteiger partial charge in [0.05, 0.1) is 17.3 Å². The number of halogens is 2. The van der Waals surface area contributed by atoms with Crippen molar-refractivity contribution in [1.82, 2.24) is 5.32 Å². The van der Waals surface area contributed by atoms with E-state index in [4.69, 9.17) is 4.74 Å². The summed E-state index contributed by atoms with van der Waals surface area (Å²) in [6.45, 7) is 1.86. The summed E-state index contributed by atoms with van der Waals surface area (Å²) >= 11 is 6.82. The predicted octanol–water partition coefficient (Wildman–Crippen LogP) is 2.77. The quantitative estimate of drug-likeness (QED) is 0.848. The van der Waals surface area contributed by atoms with E-state index in [9.17, 15) is 4.79 Å². The van der Waals surface area contributed by atoms with Gasteiger partial charge in [-0.15, -0.1) is 0 Å². The van der Waals surface area contributed by atoms with Gasteiger partial charge in [-0.05, 0) is 56.9 Å². The highest BCUT2D eigenvalue weighted by molar-refractivity contribution is 9.11. The van der Waals surface area contributed by atoms with E-state index in [-0.39, 0.29) is 5.91 Å². The zero-order valence-corrected chi connectivity index (χ0v) is 13.1. The molecule has 1 aliphatic heterocycles. The molecule has 1 amide bonds. The highest BCUT2D eigenvalue weighted by atomic mass is 79.9. The lowest BCUT2D eigenvalue weighted by Crippen LogP contribution is -2.43. The fourth-order valence-electron chi connectivity index (χ4n) is 1.74. The van der Waals surface area contributed by atoms with Gasteiger partial charge >= 0.3 is 0 Å². The van der Waals surface area contributed by atoms with E-state index in [0.717, 1.165) is 27.7 Å². The van der Waals surface area contributed by atoms with Gasteiger partial charge in [0.2, 0.25) is 5.91 Å². The number of rotatable bonds is 4. The van der Waals surface area contributed by atoms with Crippen LogP contribution in [-0.2, 0) is 4.79 Å². The Morgan fingerprint density at radius 3 is 2.72 bits per heavy atom. The van der Waals surface area contributed by atoms with Gasteiger partial charge in [-0.25, -0.2) is 0 Å². The van der Waals surface area contributed by atoms with Gasteiger partial charge in [0.1, 0.15) is 5.75 Å². The Labute approximate surface area is 123 Å². The minimum Gasteiger partial charge on any atom is -0.495 e. The first-order valence-electron chi connectivity index (χ1n) is 5.63. The molecule has 1 saturated heterocycles. The van der Waals surface area contributed by atoms with Crippen molar-refractivity contribution in [3.8, 4) is 5.75 Å². The maximum absolute atomic E-state index is 11.8. The van der Waals surface area contributed by atoms with Crippen molar-refractivity contribution in [2.45, 2.75) is 6.42 Å². The van der Waals surface area contributed by atoms with Gasteiger partial charge in [0.15, 0.2) is 0 Å². The molecule has 0 aliphatic carbocycles. The number of amides is 1. The van der Waals surface area contributed by atoms with E-state index in [1.807, 2.05) is 6.07 Å². The third-order valence-electron chi connectivity index (χ3n) is 2.86. The molecule has 1 aromatic carbocycles. The van der Waals surface area contributed by atoms with Crippen molar-refractivity contribution in [1.29, 1.82) is 0 Å². The molecule has 2 rings (SSSR count). The number of ether oxygens (including phenoxy) is 1. The molecule has 0 atom stereocenters. The second kappa shape index (κ2) is 6.04. The van der Waals surface area contributed by atoms with Crippen LogP contribution in [0, 0.1) is 5.92 Å². The molecular formula is C12H14Br2N2O2. The Morgan fingerprint density at radius 2 is 2.17 bits per heavy atom. The first kappa shape index (κ1) is 13.8. The summed E-state index contributed by atoms with van der Waals surface area (Å²) in [5, 5.41) is 6.05. The summed E-state index contributed by atoms with van der Waals surface area (Å²) in [6, 6.07) is 3.66. The molecule has 4 nitrogen and oxygen atoms in total. The van der Waals surface area contributed by atoms with Gasteiger partial charge in [0, 0.05) is 17.0 Å². The van der Waals surface area contributed by atoms with Crippen LogP contribution < -0.4 is 15.4 Å². The molecule has 0 saturated carbocycles. The van der Waals surface area contributed by atoms with Crippen LogP contribution in [0.15, 0.2) is 21.1 Å². The predicted molar refractivity (Wildman–Crippen MR) is 78.0 cm³/mol. The Kier molecular flexibility index (Phi) is 4.64. The van der Waals surface area contributed by atoms with Crippen molar-refractivity contribution in [3.05, 3.63) is 21.1 Å². The van der Waals surface area contributed by atoms with Crippen molar-refractivity contribution in [3.63, 3.8) is 0 Å². The first-order chi connectivity index (χ1) is 8.60. The lowest BCUT2D eigenvalue weighted by atomic mass is 9.99. The average Bonchev–Trinajstić information content (AvgIpc) is 2.27. The highest BCUT2D eigenvalue weighted by Crippen LogP contribution is 2.34. The van der Waals surface area contributed by atoms with Crippen LogP contribution in [0.5, 0.6) is 5.75 Å². The topological polar surface area (TPSA) is 50.4 Å². The van der Waals surface area contributed by atoms with E-state index in [1.54, 1.807) is 13.2 Å². The fraction of sp³-hybridized carbons (Fsp3) is 0.417. The van der Waals surface area contributed by atoms with Gasteiger partial charge in [0.25, 0.3) is 0 Å². The van der Waals surface area contributed by atoms with Crippen molar-refractivity contribution in [2.75, 3.05) is 25.5 Å². The smallest absolute Gasteiger partial charge is 0.224 e. The molecule has 1 aliphatic rings. The molecule has 1 fully saturated rings. The second-order valence-electron chi connectivity index (χ2n) is 4.24. The summed E-state index contributed by atoms with van der Waals surface area (Å²) in [4.78, 5) is 11.8. The SMILES string of the molecule is COc1cc(NC(=O)CC2CNC2)c(Br)cc1Br. The zero-order valence-electron chi connectivity index (χ0n) is 9.93. The van der Waals surface area contributed by atoms with E-state index in [2.05, 4.69) is 42.5 Å². The number of carbonyl (C=O) groups excluding carboxylic acids is 1. The number of methoxy groups -OCH3 is 1. The maximum atomic E-state index is 11.8. The van der Waals surface area contributed by atoms with Gasteiger partial charge in [-0.1, -0.05) is 0 Å². The Morgan fingerprint density at radius 1 is 1.44 bits per heavy atom. The molecule has 1 heterocycles. The Balaban J connectivity index is 2.05. The average molecular weight is 378 g/mol. The summed E-state index contributed by atoms with van der Waals surface area (Å²) in [5.74, 6) is 1.19. The van der Waals surface area contributed by atoms with Crippen LogP contribution in [0.1, 0.15) is 6.42 Å². The van der Waals surface area contributed by atoms with Crippen LogP contribution >= 0.6 is 31.9 Å². The second-order valence-corrected chi connectivity index (χ2v) is 5.95. The van der Waals surface area contributed by atoms with Gasteiger partial charge < -0.3 is 15.4 Å². The standard InChI is InChI=1S/C12H14Br2N2O2/c1-18-11-4-10(8(13)3-9(11)14)16-12(17)2-7-5-15-6-7/h3-4,7,15H,2,5-6H2,1H3,(H,16,17). The molecular weight excluding hydrogens is 364 g/mol. The largest absolute Gasteiger partial charge is 0.495 e. The van der Waals surface area contributed by atoms with Crippen LogP contribution in [0.25, 0.3) is 0 Å². The molecule has 2 N–H and O–H groups in total. The number of hydrogen-bond donors (Lipinski definition) is 2. The van der Waals surface area contributed by atoms with Crippen molar-refractivity contribution < 1.29 is 9.53 Å². The van der Waals surface area contributed by atoms with Gasteiger partial charge in [-0.2, -0.15) is 0 Å². The van der Waals surface area contributed by atoms with Crippen LogP contribution in [0.4, 0.5) is 5.69 Å². The van der Waals surface area contributed by atoms with Gasteiger partial charge in [-0.3, -0.25) is 4.79 Å². The van der Waals surface area contributed by atoms with E-state index in [0.29, 0.717) is 18.1 Å². The summed E-state index contributed by atoms with van der Waals surface area (Å²) in [7, 11) is 1.60. The third-order valence-corrected chi connectivity index (χ3v) is 4.13. The highest BCUT2D eigenvalue weighted by Gasteiger charge is 2.20. The first-order valence-corrected chi connectivity index (χ1v) is 7.22. The Hall–Kier alpha value is -0.590. The van der Waals surface area contributed by atoms with Crippen LogP contribution in [0.2, 0.25) is 0 Å². The lowest BCUT2D eigenvalue weighted by Gasteiger charge is -2.26. The maximum Gasteiger partial charge on any atom is 0.224 e. The normalized spacial score (nSPS) is 15.1. The molecule has 18 heavy (non-hydrogen) atoms. The minimum absolute atomic E-state index is 0.0339. The summed E-state index contributed by atoms with van der Waals surface area (Å²) < 4.78 is 6.88. The minimum atomic E-state index is 0.0339. The van der Waals surface area contributed by atoms with E-state index >= 15 is 0 Å². The lowest BCUT2D eigenvalue weighted by molar-refractivity contribution is -0.117. The molecule has 0 radical (unpaired) electrons. The van der Waals surface area contributed by atoms with Crippen LogP contribution in [-0.4, -0.2) is 26.1 Å². The number of hydrogen-bond acceptors (Lipinski definition) is 3. The summed E-state index contributed by atoms with van der Waals surface area (Å²) in [5.41, 5.74) is 0.729. The fourth-order valence-corrected chi connectivity index (χ4v) is 2.99. The van der Waals surface area contributed by atoms with Crippen molar-refractivity contribution in [2.24, 2.45) is 5.92 Å². The van der Waals surface area contributed by atoms with E-state index < -0.39 is 0 Å². The number of nitrogens with one attached hydrogen (secondary N) is 2. The monoisotopic (exact) mass is 376 g/mol. The number of anilines is 1. The molecule has 0 bridgehead atoms. The Bertz CT molecular complexity index is 462. The van der Waals surface area contributed by atoms with Crippen molar-refractivity contribution >= 4 is 43.5 Å². The molecule has 1 aromatic rings. The molecule has 0 spiro atoms. The van der Waals surface area contributed by atoms with Crippen LogP contribution in [0.3, 0.4) is 0 Å². The number of benzene rings is 1. The zero-order chi connectivity index (χ0) is 13.1.